The van der Waals surface area contributed by atoms with Gasteiger partial charge in [0.1, 0.15) is 23.9 Å². The molecule has 0 saturated heterocycles. The maximum absolute atomic E-state index is 13.6. The lowest BCUT2D eigenvalue weighted by Crippen LogP contribution is -2.27. The predicted molar refractivity (Wildman–Crippen MR) is 143 cm³/mol. The van der Waals surface area contributed by atoms with Gasteiger partial charge in [-0.1, -0.05) is 17.8 Å². The first-order valence-corrected chi connectivity index (χ1v) is 13.3. The van der Waals surface area contributed by atoms with Crippen molar-refractivity contribution in [2.75, 3.05) is 30.2 Å². The highest BCUT2D eigenvalue weighted by atomic mass is 32.2. The lowest BCUT2D eigenvalue weighted by Gasteiger charge is -2.23. The number of hydrogen-bond donors (Lipinski definition) is 1. The van der Waals surface area contributed by atoms with Crippen LogP contribution in [0.15, 0.2) is 29.4 Å². The molecule has 0 radical (unpaired) electrons. The van der Waals surface area contributed by atoms with Gasteiger partial charge in [0.05, 0.1) is 17.8 Å². The predicted octanol–water partition coefficient (Wildman–Crippen LogP) is 3.90. The third-order valence-electron chi connectivity index (χ3n) is 6.27. The second kappa shape index (κ2) is 10.8. The van der Waals surface area contributed by atoms with E-state index in [1.54, 1.807) is 17.0 Å². The summed E-state index contributed by atoms with van der Waals surface area (Å²) in [5.41, 5.74) is 2.41. The number of rotatable bonds is 8. The fourth-order valence-corrected chi connectivity index (χ4v) is 4.68. The van der Waals surface area contributed by atoms with E-state index in [1.165, 1.54) is 18.8 Å². The van der Waals surface area contributed by atoms with Crippen LogP contribution in [0.5, 0.6) is 0 Å². The van der Waals surface area contributed by atoms with Crippen LogP contribution in [-0.2, 0) is 17.9 Å². The Kier molecular flexibility index (Phi) is 7.67. The van der Waals surface area contributed by atoms with E-state index in [0.717, 1.165) is 10.7 Å². The lowest BCUT2D eigenvalue weighted by atomic mass is 10.1. The molecule has 3 aromatic rings. The van der Waals surface area contributed by atoms with E-state index in [9.17, 15) is 9.59 Å². The van der Waals surface area contributed by atoms with Gasteiger partial charge in [-0.05, 0) is 52.1 Å². The molecule has 0 aliphatic carbocycles. The topological polar surface area (TPSA) is 118 Å². The molecular weight excluding hydrogens is 492 g/mol. The highest BCUT2D eigenvalue weighted by Crippen LogP contribution is 2.33. The number of nitrogens with one attached hydrogen (secondary N) is 1. The fraction of sp³-hybridized carbons (Fsp3) is 0.440. The molecule has 12 heteroatoms. The van der Waals surface area contributed by atoms with Gasteiger partial charge in [-0.2, -0.15) is 0 Å². The lowest BCUT2D eigenvalue weighted by molar-refractivity contribution is 0.0996. The molecule has 0 aromatic carbocycles. The highest BCUT2D eigenvalue weighted by Gasteiger charge is 2.34. The van der Waals surface area contributed by atoms with Crippen LogP contribution in [0.2, 0.25) is 0 Å². The summed E-state index contributed by atoms with van der Waals surface area (Å²) >= 11 is 1.52. The van der Waals surface area contributed by atoms with Gasteiger partial charge >= 0.3 is 6.09 Å². The van der Waals surface area contributed by atoms with E-state index in [4.69, 9.17) is 14.7 Å². The number of pyridine rings is 2. The molecule has 4 rings (SSSR count). The van der Waals surface area contributed by atoms with Crippen LogP contribution in [0.25, 0.3) is 11.5 Å². The zero-order chi connectivity index (χ0) is 26.9. The van der Waals surface area contributed by atoms with Gasteiger partial charge in [-0.15, -0.1) is 10.2 Å². The van der Waals surface area contributed by atoms with Crippen LogP contribution in [0, 0.1) is 0 Å². The van der Waals surface area contributed by atoms with Crippen molar-refractivity contribution in [2.45, 2.75) is 58.1 Å². The van der Waals surface area contributed by atoms with Crippen LogP contribution in [0.1, 0.15) is 55.4 Å². The molecule has 11 nitrogen and oxygen atoms in total. The number of thioether (sulfide) groups is 1. The number of carbonyl (C=O) groups is 2. The highest BCUT2D eigenvalue weighted by molar-refractivity contribution is 7.98. The first-order chi connectivity index (χ1) is 17.7. The standard InChI is InChI=1S/C25H32N8O3S/c1-14(2)31(6)21-11-16-17(19(28-21)13-36-25(35)26-5)12-32(23(16)34)20-10-8-9-18(27-20)22-29-30-24(37-7)33(22)15(3)4/h8-11,14-15H,12-13H2,1-7H3,(H,26,35). The average Bonchev–Trinajstić information content (AvgIpc) is 3.48. The summed E-state index contributed by atoms with van der Waals surface area (Å²) in [5.74, 6) is 1.60. The third-order valence-corrected chi connectivity index (χ3v) is 6.92. The van der Waals surface area contributed by atoms with Crippen molar-refractivity contribution < 1.29 is 14.3 Å². The molecule has 0 atom stereocenters. The molecule has 0 fully saturated rings. The van der Waals surface area contributed by atoms with Crippen LogP contribution >= 0.6 is 11.8 Å². The smallest absolute Gasteiger partial charge is 0.407 e. The number of amides is 2. The van der Waals surface area contributed by atoms with Gasteiger partial charge in [0.15, 0.2) is 11.0 Å². The van der Waals surface area contributed by atoms with Gasteiger partial charge in [-0.3, -0.25) is 14.3 Å². The number of fused-ring (bicyclic) bond motifs is 1. The third kappa shape index (κ3) is 5.10. The molecule has 3 aromatic heterocycles. The quantitative estimate of drug-likeness (QED) is 0.438. The minimum absolute atomic E-state index is 0.0503. The molecular formula is C25H32N8O3S. The number of carbonyl (C=O) groups excluding carboxylic acids is 2. The number of ether oxygens (including phenoxy) is 1. The van der Waals surface area contributed by atoms with Crippen molar-refractivity contribution in [3.8, 4) is 11.5 Å². The van der Waals surface area contributed by atoms with Crippen LogP contribution in [-0.4, -0.2) is 63.1 Å². The molecule has 1 aliphatic rings. The molecule has 0 spiro atoms. The van der Waals surface area contributed by atoms with Gasteiger partial charge < -0.3 is 15.0 Å². The van der Waals surface area contributed by atoms with Crippen molar-refractivity contribution in [1.29, 1.82) is 0 Å². The summed E-state index contributed by atoms with van der Waals surface area (Å²) in [7, 11) is 3.41. The summed E-state index contributed by atoms with van der Waals surface area (Å²) < 4.78 is 7.33. The van der Waals surface area contributed by atoms with E-state index in [0.29, 0.717) is 34.4 Å². The van der Waals surface area contributed by atoms with E-state index in [1.807, 2.05) is 48.8 Å². The van der Waals surface area contributed by atoms with Crippen molar-refractivity contribution >= 4 is 35.4 Å². The molecule has 0 bridgehead atoms. The number of alkyl carbamates (subject to hydrolysis) is 1. The molecule has 0 saturated carbocycles. The first kappa shape index (κ1) is 26.4. The SMILES string of the molecule is CNC(=O)OCc1nc(N(C)C(C)C)cc2c1CN(c1cccc(-c3nnc(SC)n3C(C)C)n1)C2=O. The number of aromatic nitrogens is 5. The molecule has 1 aliphatic heterocycles. The van der Waals surface area contributed by atoms with Gasteiger partial charge in [0.2, 0.25) is 0 Å². The normalized spacial score (nSPS) is 12.9. The monoisotopic (exact) mass is 524 g/mol. The second-order valence-corrected chi connectivity index (χ2v) is 10.0. The van der Waals surface area contributed by atoms with Gasteiger partial charge in [-0.25, -0.2) is 14.8 Å². The Morgan fingerprint density at radius 2 is 1.97 bits per heavy atom. The summed E-state index contributed by atoms with van der Waals surface area (Å²) in [6.45, 7) is 8.43. The number of nitrogens with zero attached hydrogens (tertiary/aromatic N) is 7. The van der Waals surface area contributed by atoms with Crippen molar-refractivity contribution in [3.63, 3.8) is 0 Å². The van der Waals surface area contributed by atoms with Crippen molar-refractivity contribution in [2.24, 2.45) is 0 Å². The Balaban J connectivity index is 1.73. The largest absolute Gasteiger partial charge is 0.443 e. The first-order valence-electron chi connectivity index (χ1n) is 12.0. The summed E-state index contributed by atoms with van der Waals surface area (Å²) in [4.78, 5) is 38.5. The van der Waals surface area contributed by atoms with Crippen LogP contribution in [0.3, 0.4) is 0 Å². The van der Waals surface area contributed by atoms with Crippen molar-refractivity contribution in [3.05, 3.63) is 41.1 Å². The van der Waals surface area contributed by atoms with Crippen LogP contribution < -0.4 is 15.1 Å². The maximum atomic E-state index is 13.6. The molecule has 1 N–H and O–H groups in total. The zero-order valence-corrected chi connectivity index (χ0v) is 23.0. The summed E-state index contributed by atoms with van der Waals surface area (Å²) in [6.07, 6.45) is 1.40. The van der Waals surface area contributed by atoms with Gasteiger partial charge in [0.25, 0.3) is 5.91 Å². The average molecular weight is 525 g/mol. The Morgan fingerprint density at radius 3 is 2.62 bits per heavy atom. The number of hydrogen-bond acceptors (Lipinski definition) is 9. The Labute approximate surface area is 220 Å². The van der Waals surface area contributed by atoms with E-state index < -0.39 is 6.09 Å². The van der Waals surface area contributed by atoms with Gasteiger partial charge in [0, 0.05) is 31.7 Å². The molecule has 2 amide bonds. The van der Waals surface area contributed by atoms with E-state index in [2.05, 4.69) is 29.4 Å². The fourth-order valence-electron chi connectivity index (χ4n) is 4.06. The van der Waals surface area contributed by atoms with Crippen LogP contribution in [0.4, 0.5) is 16.4 Å². The summed E-state index contributed by atoms with van der Waals surface area (Å²) in [6, 6.07) is 7.62. The molecule has 37 heavy (non-hydrogen) atoms. The van der Waals surface area contributed by atoms with E-state index in [-0.39, 0.29) is 31.1 Å². The Morgan fingerprint density at radius 1 is 1.22 bits per heavy atom. The second-order valence-electron chi connectivity index (χ2n) is 9.23. The van der Waals surface area contributed by atoms with E-state index >= 15 is 0 Å². The Hall–Kier alpha value is -3.67. The zero-order valence-electron chi connectivity index (χ0n) is 22.1. The van der Waals surface area contributed by atoms with Crippen molar-refractivity contribution in [1.82, 2.24) is 30.0 Å². The Bertz CT molecular complexity index is 1320. The molecule has 0 unspecified atom stereocenters. The number of anilines is 2. The molecule has 4 heterocycles. The molecule has 196 valence electrons. The minimum atomic E-state index is -0.562. The maximum Gasteiger partial charge on any atom is 0.407 e. The summed E-state index contributed by atoms with van der Waals surface area (Å²) in [5, 5.41) is 11.9. The minimum Gasteiger partial charge on any atom is -0.443 e.